The van der Waals surface area contributed by atoms with Gasteiger partial charge in [0.25, 0.3) is 0 Å². The van der Waals surface area contributed by atoms with E-state index in [1.54, 1.807) is 13.1 Å². The Labute approximate surface area is 155 Å². The Morgan fingerprint density at radius 2 is 1.92 bits per heavy atom. The summed E-state index contributed by atoms with van der Waals surface area (Å²) in [4.78, 5) is 20.5. The Morgan fingerprint density at radius 1 is 1.12 bits per heavy atom. The average molecular weight is 353 g/mol. The highest BCUT2D eigenvalue weighted by molar-refractivity contribution is 5.90. The fourth-order valence-electron chi connectivity index (χ4n) is 2.56. The topological polar surface area (TPSA) is 78.4 Å². The molecule has 2 aromatic rings. The molecule has 0 radical (unpaired) electrons. The SMILES string of the molecule is CN=C(NCCC(=O)Nc1cccc(C)n1)NCc1ccc(C)cc1C. The first-order chi connectivity index (χ1) is 12.5. The molecule has 26 heavy (non-hydrogen) atoms. The van der Waals surface area contributed by atoms with Gasteiger partial charge in [0.1, 0.15) is 5.82 Å². The normalized spacial score (nSPS) is 11.2. The number of aryl methyl sites for hydroxylation is 3. The van der Waals surface area contributed by atoms with Crippen LogP contribution in [0, 0.1) is 20.8 Å². The van der Waals surface area contributed by atoms with Crippen LogP contribution in [0.5, 0.6) is 0 Å². The fraction of sp³-hybridized carbons (Fsp3) is 0.350. The van der Waals surface area contributed by atoms with Crippen LogP contribution in [0.2, 0.25) is 0 Å². The van der Waals surface area contributed by atoms with Crippen LogP contribution in [0.1, 0.15) is 28.8 Å². The zero-order chi connectivity index (χ0) is 18.9. The summed E-state index contributed by atoms with van der Waals surface area (Å²) < 4.78 is 0. The lowest BCUT2D eigenvalue weighted by Gasteiger charge is -2.13. The van der Waals surface area contributed by atoms with Crippen LogP contribution in [0.15, 0.2) is 41.4 Å². The Balaban J connectivity index is 1.75. The van der Waals surface area contributed by atoms with Gasteiger partial charge in [0, 0.05) is 32.3 Å². The minimum absolute atomic E-state index is 0.0829. The van der Waals surface area contributed by atoms with Crippen LogP contribution in [0.4, 0.5) is 5.82 Å². The van der Waals surface area contributed by atoms with E-state index in [0.717, 1.165) is 5.69 Å². The number of rotatable bonds is 6. The third-order valence-electron chi connectivity index (χ3n) is 3.97. The van der Waals surface area contributed by atoms with Gasteiger partial charge in [-0.15, -0.1) is 0 Å². The molecule has 0 atom stereocenters. The lowest BCUT2D eigenvalue weighted by Crippen LogP contribution is -2.38. The van der Waals surface area contributed by atoms with Crippen molar-refractivity contribution in [3.8, 4) is 0 Å². The molecular weight excluding hydrogens is 326 g/mol. The average Bonchev–Trinajstić information content (AvgIpc) is 2.59. The van der Waals surface area contributed by atoms with E-state index in [2.05, 4.69) is 58.0 Å². The highest BCUT2D eigenvalue weighted by atomic mass is 16.1. The standard InChI is InChI=1S/C20H27N5O/c1-14-8-9-17(15(2)12-14)13-23-20(21-4)22-11-10-19(26)25-18-7-5-6-16(3)24-18/h5-9,12H,10-11,13H2,1-4H3,(H2,21,22,23)(H,24,25,26). The molecule has 3 N–H and O–H groups in total. The van der Waals surface area contributed by atoms with Gasteiger partial charge in [-0.2, -0.15) is 0 Å². The molecule has 0 fully saturated rings. The van der Waals surface area contributed by atoms with Crippen molar-refractivity contribution in [1.82, 2.24) is 15.6 Å². The highest BCUT2D eigenvalue weighted by Gasteiger charge is 2.05. The Kier molecular flexibility index (Phi) is 7.14. The molecule has 138 valence electrons. The largest absolute Gasteiger partial charge is 0.356 e. The number of benzene rings is 1. The van der Waals surface area contributed by atoms with E-state index in [9.17, 15) is 4.79 Å². The van der Waals surface area contributed by atoms with Crippen molar-refractivity contribution >= 4 is 17.7 Å². The molecule has 0 spiro atoms. The Morgan fingerprint density at radius 3 is 2.62 bits per heavy atom. The van der Waals surface area contributed by atoms with Crippen molar-refractivity contribution in [2.24, 2.45) is 4.99 Å². The van der Waals surface area contributed by atoms with Crippen LogP contribution < -0.4 is 16.0 Å². The number of hydrogen-bond acceptors (Lipinski definition) is 3. The quantitative estimate of drug-likeness (QED) is 0.551. The third-order valence-corrected chi connectivity index (χ3v) is 3.97. The van der Waals surface area contributed by atoms with Gasteiger partial charge in [-0.25, -0.2) is 4.98 Å². The zero-order valence-corrected chi connectivity index (χ0v) is 15.9. The molecule has 0 aliphatic heterocycles. The number of hydrogen-bond donors (Lipinski definition) is 3. The maximum Gasteiger partial charge on any atom is 0.227 e. The second-order valence-electron chi connectivity index (χ2n) is 6.24. The molecule has 0 aliphatic carbocycles. The minimum atomic E-state index is -0.0829. The van der Waals surface area contributed by atoms with Gasteiger partial charge in [0.05, 0.1) is 0 Å². The lowest BCUT2D eigenvalue weighted by molar-refractivity contribution is -0.116. The Hall–Kier alpha value is -2.89. The van der Waals surface area contributed by atoms with Crippen LogP contribution in [-0.2, 0) is 11.3 Å². The van der Waals surface area contributed by atoms with Crippen molar-refractivity contribution in [2.75, 3.05) is 18.9 Å². The minimum Gasteiger partial charge on any atom is -0.356 e. The summed E-state index contributed by atoms with van der Waals surface area (Å²) in [6.07, 6.45) is 0.333. The van der Waals surface area contributed by atoms with E-state index in [1.807, 2.05) is 19.1 Å². The van der Waals surface area contributed by atoms with Gasteiger partial charge >= 0.3 is 0 Å². The smallest absolute Gasteiger partial charge is 0.227 e. The van der Waals surface area contributed by atoms with Gasteiger partial charge in [-0.3, -0.25) is 9.79 Å². The Bertz CT molecular complexity index is 786. The summed E-state index contributed by atoms with van der Waals surface area (Å²) in [5, 5.41) is 9.22. The van der Waals surface area contributed by atoms with E-state index >= 15 is 0 Å². The monoisotopic (exact) mass is 353 g/mol. The number of guanidine groups is 1. The fourth-order valence-corrected chi connectivity index (χ4v) is 2.56. The predicted molar refractivity (Wildman–Crippen MR) is 106 cm³/mol. The zero-order valence-electron chi connectivity index (χ0n) is 15.9. The van der Waals surface area contributed by atoms with Crippen LogP contribution in [0.3, 0.4) is 0 Å². The van der Waals surface area contributed by atoms with Crippen molar-refractivity contribution < 1.29 is 4.79 Å². The number of nitrogens with zero attached hydrogens (tertiary/aromatic N) is 2. The van der Waals surface area contributed by atoms with Crippen molar-refractivity contribution in [3.05, 3.63) is 58.8 Å². The van der Waals surface area contributed by atoms with Crippen molar-refractivity contribution in [3.63, 3.8) is 0 Å². The first kappa shape index (κ1) is 19.4. The molecule has 0 saturated carbocycles. The summed E-state index contributed by atoms with van der Waals surface area (Å²) >= 11 is 0. The second-order valence-corrected chi connectivity index (χ2v) is 6.24. The first-order valence-corrected chi connectivity index (χ1v) is 8.72. The highest BCUT2D eigenvalue weighted by Crippen LogP contribution is 2.10. The van der Waals surface area contributed by atoms with Crippen molar-refractivity contribution in [1.29, 1.82) is 0 Å². The maximum atomic E-state index is 12.0. The second kappa shape index (κ2) is 9.56. The third kappa shape index (κ3) is 6.20. The number of nitrogens with one attached hydrogen (secondary N) is 3. The van der Waals surface area contributed by atoms with Crippen molar-refractivity contribution in [2.45, 2.75) is 33.7 Å². The number of carbonyl (C=O) groups excluding carboxylic acids is 1. The lowest BCUT2D eigenvalue weighted by atomic mass is 10.1. The van der Waals surface area contributed by atoms with E-state index < -0.39 is 0 Å². The number of aliphatic imine (C=N–C) groups is 1. The van der Waals surface area contributed by atoms with Gasteiger partial charge in [0.2, 0.25) is 5.91 Å². The summed E-state index contributed by atoms with van der Waals surface area (Å²) in [5.41, 5.74) is 4.60. The number of anilines is 1. The molecule has 1 heterocycles. The summed E-state index contributed by atoms with van der Waals surface area (Å²) in [6, 6.07) is 11.9. The molecule has 0 aliphatic rings. The molecular formula is C20H27N5O. The van der Waals surface area contributed by atoms with Crippen LogP contribution >= 0.6 is 0 Å². The van der Waals surface area contributed by atoms with E-state index in [0.29, 0.717) is 31.3 Å². The number of aromatic nitrogens is 1. The van der Waals surface area contributed by atoms with E-state index in [4.69, 9.17) is 0 Å². The molecule has 0 saturated heterocycles. The molecule has 0 unspecified atom stereocenters. The van der Waals surface area contributed by atoms with Gasteiger partial charge in [-0.05, 0) is 44.0 Å². The molecule has 6 heteroatoms. The summed E-state index contributed by atoms with van der Waals surface area (Å²) in [5.74, 6) is 1.17. The number of pyridine rings is 1. The molecule has 1 aromatic heterocycles. The molecule has 0 bridgehead atoms. The number of amides is 1. The predicted octanol–water partition coefficient (Wildman–Crippen LogP) is 2.70. The molecule has 1 amide bonds. The van der Waals surface area contributed by atoms with Gasteiger partial charge < -0.3 is 16.0 Å². The summed E-state index contributed by atoms with van der Waals surface area (Å²) in [6.45, 7) is 7.25. The molecule has 1 aromatic carbocycles. The number of carbonyl (C=O) groups is 1. The molecule has 6 nitrogen and oxygen atoms in total. The van der Waals surface area contributed by atoms with E-state index in [1.165, 1.54) is 16.7 Å². The van der Waals surface area contributed by atoms with Gasteiger partial charge in [-0.1, -0.05) is 29.8 Å². The van der Waals surface area contributed by atoms with E-state index in [-0.39, 0.29) is 5.91 Å². The van der Waals surface area contributed by atoms with Gasteiger partial charge in [0.15, 0.2) is 5.96 Å². The summed E-state index contributed by atoms with van der Waals surface area (Å²) in [7, 11) is 1.72. The van der Waals surface area contributed by atoms with Crippen LogP contribution in [-0.4, -0.2) is 30.4 Å². The first-order valence-electron chi connectivity index (χ1n) is 8.72. The maximum absolute atomic E-state index is 12.0. The van der Waals surface area contributed by atoms with Crippen LogP contribution in [0.25, 0.3) is 0 Å². The molecule has 2 rings (SSSR count).